The number of alkyl carbamates (subject to hydrolysis) is 1. The van der Waals surface area contributed by atoms with Gasteiger partial charge in [-0.05, 0) is 36.0 Å². The molecule has 8 nitrogen and oxygen atoms in total. The number of benzene rings is 3. The first-order chi connectivity index (χ1) is 18.5. The number of rotatable bonds is 14. The normalized spacial score (nSPS) is 11.8. The Kier molecular flexibility index (Phi) is 14.1. The van der Waals surface area contributed by atoms with Crippen molar-refractivity contribution in [1.29, 1.82) is 0 Å². The zero-order valence-corrected chi connectivity index (χ0v) is 22.6. The van der Waals surface area contributed by atoms with Gasteiger partial charge in [0.25, 0.3) is 0 Å². The van der Waals surface area contributed by atoms with Gasteiger partial charge in [0.15, 0.2) is 0 Å². The Bertz CT molecular complexity index is 1130. The van der Waals surface area contributed by atoms with Crippen molar-refractivity contribution < 1.29 is 23.9 Å². The Morgan fingerprint density at radius 2 is 1.23 bits per heavy atom. The van der Waals surface area contributed by atoms with E-state index in [1.807, 2.05) is 91.0 Å². The van der Waals surface area contributed by atoms with Crippen molar-refractivity contribution in [2.75, 3.05) is 6.54 Å². The second-order valence-corrected chi connectivity index (χ2v) is 8.93. The predicted octanol–water partition coefficient (Wildman–Crippen LogP) is 4.30. The van der Waals surface area contributed by atoms with Gasteiger partial charge in [-0.25, -0.2) is 9.59 Å². The van der Waals surface area contributed by atoms with Crippen LogP contribution in [0.15, 0.2) is 91.0 Å². The number of carbonyl (C=O) groups is 3. The molecule has 0 aliphatic carbocycles. The van der Waals surface area contributed by atoms with E-state index < -0.39 is 30.1 Å². The summed E-state index contributed by atoms with van der Waals surface area (Å²) in [5, 5.41) is 5.46. The lowest BCUT2D eigenvalue weighted by Gasteiger charge is -2.20. The van der Waals surface area contributed by atoms with Gasteiger partial charge in [0.2, 0.25) is 5.91 Å². The highest BCUT2D eigenvalue weighted by molar-refractivity contribution is 5.87. The molecule has 208 valence electrons. The van der Waals surface area contributed by atoms with Gasteiger partial charge in [-0.15, -0.1) is 12.4 Å². The summed E-state index contributed by atoms with van der Waals surface area (Å²) in [6, 6.07) is 26.6. The molecular formula is C30H36ClN3O5. The van der Waals surface area contributed by atoms with E-state index in [9.17, 15) is 14.4 Å². The van der Waals surface area contributed by atoms with Crippen LogP contribution in [-0.2, 0) is 38.7 Å². The molecule has 0 unspecified atom stereocenters. The number of esters is 1. The van der Waals surface area contributed by atoms with E-state index in [4.69, 9.17) is 15.2 Å². The summed E-state index contributed by atoms with van der Waals surface area (Å²) in [6.07, 6.45) is 1.46. The largest absolute Gasteiger partial charge is 0.459 e. The number of carbonyl (C=O) groups excluding carboxylic acids is 3. The van der Waals surface area contributed by atoms with Crippen LogP contribution in [0.5, 0.6) is 0 Å². The molecule has 2 amide bonds. The Balaban J connectivity index is 0.00000533. The van der Waals surface area contributed by atoms with Crippen molar-refractivity contribution in [3.8, 4) is 0 Å². The van der Waals surface area contributed by atoms with Crippen LogP contribution in [0.2, 0.25) is 0 Å². The number of ether oxygens (including phenoxy) is 2. The quantitative estimate of drug-likeness (QED) is 0.202. The molecule has 0 spiro atoms. The smallest absolute Gasteiger partial charge is 0.407 e. The Hall–Kier alpha value is -3.88. The third-order valence-electron chi connectivity index (χ3n) is 5.87. The minimum Gasteiger partial charge on any atom is -0.459 e. The number of amides is 2. The molecule has 3 aromatic rings. The van der Waals surface area contributed by atoms with E-state index in [0.717, 1.165) is 16.7 Å². The molecule has 0 heterocycles. The van der Waals surface area contributed by atoms with Crippen molar-refractivity contribution in [1.82, 2.24) is 10.6 Å². The summed E-state index contributed by atoms with van der Waals surface area (Å²) in [4.78, 5) is 37.5. The molecule has 3 aromatic carbocycles. The van der Waals surface area contributed by atoms with Crippen LogP contribution in [0.1, 0.15) is 36.0 Å². The van der Waals surface area contributed by atoms with Gasteiger partial charge < -0.3 is 25.8 Å². The third-order valence-corrected chi connectivity index (χ3v) is 5.87. The standard InChI is InChI=1S/C30H35N3O5.ClH/c31-26(18-10-11-19-32-30(36)38-22-25-16-8-3-9-17-25)28(34)33-27(20-23-12-4-1-5-13-23)29(35)37-21-24-14-6-2-7-15-24;/h1-9,12-17,26-27H,10-11,18-22,31H2,(H,32,36)(H,33,34);1H/t26-,27-;/m0./s1. The lowest BCUT2D eigenvalue weighted by Crippen LogP contribution is -2.49. The van der Waals surface area contributed by atoms with Crippen molar-refractivity contribution in [3.05, 3.63) is 108 Å². The number of hydrogen-bond donors (Lipinski definition) is 3. The van der Waals surface area contributed by atoms with E-state index in [-0.39, 0.29) is 25.6 Å². The third kappa shape index (κ3) is 12.0. The van der Waals surface area contributed by atoms with Crippen LogP contribution < -0.4 is 16.4 Å². The van der Waals surface area contributed by atoms with E-state index in [2.05, 4.69) is 10.6 Å². The second kappa shape index (κ2) is 17.6. The van der Waals surface area contributed by atoms with Crippen LogP contribution in [0.3, 0.4) is 0 Å². The van der Waals surface area contributed by atoms with Crippen LogP contribution >= 0.6 is 12.4 Å². The molecule has 39 heavy (non-hydrogen) atoms. The van der Waals surface area contributed by atoms with Crippen molar-refractivity contribution in [3.63, 3.8) is 0 Å². The minimum absolute atomic E-state index is 0. The van der Waals surface area contributed by atoms with E-state index >= 15 is 0 Å². The first-order valence-corrected chi connectivity index (χ1v) is 12.8. The van der Waals surface area contributed by atoms with Gasteiger partial charge in [0, 0.05) is 13.0 Å². The van der Waals surface area contributed by atoms with E-state index in [1.54, 1.807) is 0 Å². The minimum atomic E-state index is -0.860. The van der Waals surface area contributed by atoms with Crippen LogP contribution in [0, 0.1) is 0 Å². The highest BCUT2D eigenvalue weighted by atomic mass is 35.5. The average molecular weight is 554 g/mol. The first-order valence-electron chi connectivity index (χ1n) is 12.8. The Morgan fingerprint density at radius 1 is 0.718 bits per heavy atom. The molecule has 0 aliphatic heterocycles. The van der Waals surface area contributed by atoms with E-state index in [1.165, 1.54) is 0 Å². The molecule has 3 rings (SSSR count). The summed E-state index contributed by atoms with van der Waals surface area (Å²) in [6.45, 7) is 0.730. The SMILES string of the molecule is Cl.N[C@@H](CCCCNC(=O)OCc1ccccc1)C(=O)N[C@@H](Cc1ccccc1)C(=O)OCc1ccccc1. The molecule has 0 aromatic heterocycles. The van der Waals surface area contributed by atoms with E-state index in [0.29, 0.717) is 32.2 Å². The zero-order valence-electron chi connectivity index (χ0n) is 21.8. The second-order valence-electron chi connectivity index (χ2n) is 8.93. The zero-order chi connectivity index (χ0) is 27.0. The maximum Gasteiger partial charge on any atom is 0.407 e. The summed E-state index contributed by atoms with van der Waals surface area (Å²) in [5.41, 5.74) is 8.77. The molecule has 9 heteroatoms. The number of nitrogens with one attached hydrogen (secondary N) is 2. The van der Waals surface area contributed by atoms with Gasteiger partial charge in [0.05, 0.1) is 6.04 Å². The number of halogens is 1. The topological polar surface area (TPSA) is 120 Å². The number of nitrogens with two attached hydrogens (primary N) is 1. The average Bonchev–Trinajstić information content (AvgIpc) is 2.95. The van der Waals surface area contributed by atoms with Gasteiger partial charge in [-0.2, -0.15) is 0 Å². The first kappa shape index (κ1) is 31.3. The summed E-state index contributed by atoms with van der Waals surface area (Å²) >= 11 is 0. The molecule has 0 saturated heterocycles. The molecule has 0 radical (unpaired) electrons. The van der Waals surface area contributed by atoms with Gasteiger partial charge >= 0.3 is 12.1 Å². The fraction of sp³-hybridized carbons (Fsp3) is 0.300. The monoisotopic (exact) mass is 553 g/mol. The molecule has 0 aliphatic rings. The lowest BCUT2D eigenvalue weighted by atomic mass is 10.0. The molecule has 0 saturated carbocycles. The Labute approximate surface area is 235 Å². The Morgan fingerprint density at radius 3 is 1.79 bits per heavy atom. The maximum absolute atomic E-state index is 12.9. The molecular weight excluding hydrogens is 518 g/mol. The summed E-state index contributed by atoms with van der Waals surface area (Å²) in [7, 11) is 0. The molecule has 0 bridgehead atoms. The molecule has 0 fully saturated rings. The number of unbranched alkanes of at least 4 members (excludes halogenated alkanes) is 1. The molecule has 4 N–H and O–H groups in total. The van der Waals surface area contributed by atoms with Crippen molar-refractivity contribution in [2.24, 2.45) is 5.73 Å². The number of hydrogen-bond acceptors (Lipinski definition) is 6. The molecule has 2 atom stereocenters. The van der Waals surface area contributed by atoms with Gasteiger partial charge in [-0.3, -0.25) is 4.79 Å². The summed E-state index contributed by atoms with van der Waals surface area (Å²) < 4.78 is 10.7. The van der Waals surface area contributed by atoms with Crippen LogP contribution in [0.4, 0.5) is 4.79 Å². The van der Waals surface area contributed by atoms with Crippen LogP contribution in [-0.4, -0.2) is 36.6 Å². The predicted molar refractivity (Wildman–Crippen MR) is 152 cm³/mol. The highest BCUT2D eigenvalue weighted by Crippen LogP contribution is 2.09. The fourth-order valence-electron chi connectivity index (χ4n) is 3.74. The fourth-order valence-corrected chi connectivity index (χ4v) is 3.74. The van der Waals surface area contributed by atoms with Crippen LogP contribution in [0.25, 0.3) is 0 Å². The maximum atomic E-state index is 12.9. The van der Waals surface area contributed by atoms with Crippen molar-refractivity contribution >= 4 is 30.4 Å². The van der Waals surface area contributed by atoms with Crippen molar-refractivity contribution in [2.45, 2.75) is 51.0 Å². The van der Waals surface area contributed by atoms with Gasteiger partial charge in [0.1, 0.15) is 19.3 Å². The lowest BCUT2D eigenvalue weighted by molar-refractivity contribution is -0.149. The summed E-state index contributed by atoms with van der Waals surface area (Å²) in [5.74, 6) is -0.936. The van der Waals surface area contributed by atoms with Gasteiger partial charge in [-0.1, -0.05) is 91.0 Å². The highest BCUT2D eigenvalue weighted by Gasteiger charge is 2.25.